The number of fused-ring (bicyclic) bond motifs is 2. The van der Waals surface area contributed by atoms with Crippen molar-refractivity contribution in [2.24, 2.45) is 10.8 Å². The number of carbonyl (C=O) groups is 3. The number of nitrogens with zero attached hydrogens (tertiary/aromatic N) is 1. The molecule has 1 aliphatic carbocycles. The minimum atomic E-state index is -0.717. The van der Waals surface area contributed by atoms with Gasteiger partial charge in [-0.05, 0) is 41.7 Å². The minimum Gasteiger partial charge on any atom is -0.451 e. The summed E-state index contributed by atoms with van der Waals surface area (Å²) in [7, 11) is 0. The van der Waals surface area contributed by atoms with Crippen LogP contribution in [-0.2, 0) is 19.1 Å². The van der Waals surface area contributed by atoms with E-state index < -0.39 is 5.97 Å². The second-order valence-electron chi connectivity index (χ2n) is 9.46. The molecule has 3 rings (SSSR count). The Morgan fingerprint density at radius 2 is 1.86 bits per heavy atom. The molecule has 0 unspecified atom stereocenters. The molecule has 6 heteroatoms. The molecule has 1 saturated heterocycles. The highest BCUT2D eigenvalue weighted by Gasteiger charge is 2.50. The van der Waals surface area contributed by atoms with Gasteiger partial charge in [0, 0.05) is 19.5 Å². The first-order chi connectivity index (χ1) is 13.6. The van der Waals surface area contributed by atoms with E-state index >= 15 is 0 Å². The normalized spacial score (nSPS) is 25.4. The molecule has 2 fully saturated rings. The van der Waals surface area contributed by atoms with Crippen LogP contribution in [0.1, 0.15) is 52.5 Å². The van der Waals surface area contributed by atoms with Gasteiger partial charge in [-0.2, -0.15) is 0 Å². The lowest BCUT2D eigenvalue weighted by Gasteiger charge is -2.39. The first kappa shape index (κ1) is 21.1. The van der Waals surface area contributed by atoms with Crippen molar-refractivity contribution >= 4 is 23.9 Å². The predicted octanol–water partition coefficient (Wildman–Crippen LogP) is 3.13. The monoisotopic (exact) mass is 398 g/mol. The topological polar surface area (TPSA) is 75.7 Å². The summed E-state index contributed by atoms with van der Waals surface area (Å²) in [6.07, 6.45) is 4.60. The Labute approximate surface area is 172 Å². The Morgan fingerprint density at radius 3 is 2.52 bits per heavy atom. The van der Waals surface area contributed by atoms with Gasteiger partial charge in [0.25, 0.3) is 5.91 Å². The fourth-order valence-corrected chi connectivity index (χ4v) is 5.09. The lowest BCUT2D eigenvalue weighted by atomic mass is 9.65. The van der Waals surface area contributed by atoms with E-state index in [-0.39, 0.29) is 41.0 Å². The highest BCUT2D eigenvalue weighted by atomic mass is 16.5. The molecule has 1 saturated carbocycles. The number of likely N-dealkylation sites (tertiary alicyclic amines) is 1. The van der Waals surface area contributed by atoms with E-state index in [1.807, 2.05) is 35.2 Å². The molecule has 29 heavy (non-hydrogen) atoms. The van der Waals surface area contributed by atoms with Crippen LogP contribution in [0.5, 0.6) is 0 Å². The number of carbonyl (C=O) groups excluding carboxylic acids is 3. The number of nitrogens with one attached hydrogen (secondary N) is 1. The van der Waals surface area contributed by atoms with E-state index in [4.69, 9.17) is 4.74 Å². The van der Waals surface area contributed by atoms with Crippen LogP contribution in [0, 0.1) is 10.8 Å². The molecule has 0 spiro atoms. The third-order valence-corrected chi connectivity index (χ3v) is 5.70. The van der Waals surface area contributed by atoms with Crippen molar-refractivity contribution in [3.05, 3.63) is 41.6 Å². The molecular weight excluding hydrogens is 368 g/mol. The zero-order valence-electron chi connectivity index (χ0n) is 17.7. The lowest BCUT2D eigenvalue weighted by Crippen LogP contribution is -2.40. The molecule has 2 amide bonds. The number of rotatable bonds is 5. The molecule has 1 aromatic rings. The van der Waals surface area contributed by atoms with Crippen molar-refractivity contribution in [1.82, 2.24) is 10.2 Å². The first-order valence-electron chi connectivity index (χ1n) is 10.1. The van der Waals surface area contributed by atoms with Crippen LogP contribution in [0.25, 0.3) is 6.08 Å². The molecular formula is C23H30N2O4. The van der Waals surface area contributed by atoms with E-state index in [9.17, 15) is 14.4 Å². The van der Waals surface area contributed by atoms with Gasteiger partial charge in [0.2, 0.25) is 5.91 Å². The predicted molar refractivity (Wildman–Crippen MR) is 110 cm³/mol. The van der Waals surface area contributed by atoms with Gasteiger partial charge >= 0.3 is 5.97 Å². The molecule has 0 aromatic heterocycles. The molecule has 1 N–H and O–H groups in total. The zero-order valence-corrected chi connectivity index (χ0v) is 17.7. The number of hydrogen-bond donors (Lipinski definition) is 1. The van der Waals surface area contributed by atoms with Gasteiger partial charge in [0.1, 0.15) is 5.70 Å². The van der Waals surface area contributed by atoms with Crippen LogP contribution < -0.4 is 5.32 Å². The Kier molecular flexibility index (Phi) is 5.82. The summed E-state index contributed by atoms with van der Waals surface area (Å²) in [5.74, 6) is -1.27. The molecule has 6 nitrogen and oxygen atoms in total. The third-order valence-electron chi connectivity index (χ3n) is 5.70. The summed E-state index contributed by atoms with van der Waals surface area (Å²) >= 11 is 0. The van der Waals surface area contributed by atoms with Crippen molar-refractivity contribution in [1.29, 1.82) is 0 Å². The second kappa shape index (κ2) is 8.01. The van der Waals surface area contributed by atoms with Gasteiger partial charge in [-0.15, -0.1) is 0 Å². The second-order valence-corrected chi connectivity index (χ2v) is 9.46. The average Bonchev–Trinajstić information content (AvgIpc) is 2.88. The van der Waals surface area contributed by atoms with Crippen molar-refractivity contribution < 1.29 is 19.1 Å². The summed E-state index contributed by atoms with van der Waals surface area (Å²) < 4.78 is 5.27. The molecule has 2 aliphatic rings. The van der Waals surface area contributed by atoms with Gasteiger partial charge < -0.3 is 15.0 Å². The van der Waals surface area contributed by atoms with Crippen LogP contribution in [0.3, 0.4) is 0 Å². The van der Waals surface area contributed by atoms with Crippen LogP contribution >= 0.6 is 0 Å². The number of esters is 1. The Morgan fingerprint density at radius 1 is 1.17 bits per heavy atom. The van der Waals surface area contributed by atoms with E-state index in [1.54, 1.807) is 6.08 Å². The van der Waals surface area contributed by atoms with Gasteiger partial charge in [-0.25, -0.2) is 4.79 Å². The molecule has 156 valence electrons. The van der Waals surface area contributed by atoms with Gasteiger partial charge in [0.05, 0.1) is 0 Å². The third kappa shape index (κ3) is 5.25. The lowest BCUT2D eigenvalue weighted by molar-refractivity contribution is -0.150. The highest BCUT2D eigenvalue weighted by Crippen LogP contribution is 2.52. The van der Waals surface area contributed by atoms with Gasteiger partial charge in [-0.3, -0.25) is 9.59 Å². The Balaban J connectivity index is 1.65. The van der Waals surface area contributed by atoms with Crippen LogP contribution in [-0.4, -0.2) is 41.9 Å². The molecule has 0 radical (unpaired) electrons. The fourth-order valence-electron chi connectivity index (χ4n) is 5.09. The number of hydrogen-bond acceptors (Lipinski definition) is 4. The number of ether oxygens (including phenoxy) is 1. The summed E-state index contributed by atoms with van der Waals surface area (Å²) in [6.45, 7) is 8.44. The summed E-state index contributed by atoms with van der Waals surface area (Å²) in [5.41, 5.74) is 1.11. The first-order valence-corrected chi connectivity index (χ1v) is 10.1. The van der Waals surface area contributed by atoms with Crippen molar-refractivity contribution in [2.45, 2.75) is 53.0 Å². The van der Waals surface area contributed by atoms with Crippen LogP contribution in [0.2, 0.25) is 0 Å². The maximum Gasteiger partial charge on any atom is 0.355 e. The molecule has 1 aliphatic heterocycles. The number of amides is 2. The van der Waals surface area contributed by atoms with Crippen molar-refractivity contribution in [2.75, 3.05) is 13.2 Å². The highest BCUT2D eigenvalue weighted by molar-refractivity contribution is 5.98. The average molecular weight is 399 g/mol. The quantitative estimate of drug-likeness (QED) is 0.611. The molecule has 1 aromatic carbocycles. The summed E-state index contributed by atoms with van der Waals surface area (Å²) in [6, 6.07) is 9.35. The molecule has 2 atom stereocenters. The van der Waals surface area contributed by atoms with Crippen LogP contribution in [0.4, 0.5) is 0 Å². The van der Waals surface area contributed by atoms with Crippen molar-refractivity contribution in [3.8, 4) is 0 Å². The molecule has 2 bridgehead atoms. The van der Waals surface area contributed by atoms with E-state index in [0.717, 1.165) is 24.8 Å². The SMILES string of the molecule is CC(=O)NC(=Cc1ccccc1)C(=O)OCC(=O)N1C[C@]2(C)C[C@H]1CC(C)(C)C2. The fraction of sp³-hybridized carbons (Fsp3) is 0.522. The largest absolute Gasteiger partial charge is 0.451 e. The number of benzene rings is 1. The zero-order chi connectivity index (χ0) is 21.2. The summed E-state index contributed by atoms with van der Waals surface area (Å²) in [5, 5.41) is 2.50. The van der Waals surface area contributed by atoms with E-state index in [1.165, 1.54) is 6.92 Å². The standard InChI is InChI=1S/C23H30N2O4/c1-16(26)24-19(10-17-8-6-5-7-9-17)21(28)29-13-20(27)25-15-23(4)12-18(25)11-22(2,3)14-23/h5-10,18H,11-15H2,1-4H3,(H,24,26)/t18-,23-/m1/s1. The Bertz CT molecular complexity index is 831. The van der Waals surface area contributed by atoms with Gasteiger partial charge in [-0.1, -0.05) is 51.1 Å². The maximum atomic E-state index is 12.8. The van der Waals surface area contributed by atoms with E-state index in [0.29, 0.717) is 6.54 Å². The summed E-state index contributed by atoms with van der Waals surface area (Å²) in [4.78, 5) is 38.7. The molecule has 1 heterocycles. The smallest absolute Gasteiger partial charge is 0.355 e. The van der Waals surface area contributed by atoms with Gasteiger partial charge in [0.15, 0.2) is 6.61 Å². The Hall–Kier alpha value is -2.63. The van der Waals surface area contributed by atoms with Crippen molar-refractivity contribution in [3.63, 3.8) is 0 Å². The minimum absolute atomic E-state index is 0.0183. The maximum absolute atomic E-state index is 12.8. The van der Waals surface area contributed by atoms with E-state index in [2.05, 4.69) is 26.1 Å². The van der Waals surface area contributed by atoms with Crippen LogP contribution in [0.15, 0.2) is 36.0 Å².